The van der Waals surface area contributed by atoms with Crippen molar-refractivity contribution in [2.45, 2.75) is 6.92 Å². The molecule has 186 valence electrons. The molecule has 0 aliphatic heterocycles. The van der Waals surface area contributed by atoms with Gasteiger partial charge >= 0.3 is 0 Å². The number of hydrogen-bond donors (Lipinski definition) is 0. The minimum absolute atomic E-state index is 0.0389. The van der Waals surface area contributed by atoms with Crippen LogP contribution in [0, 0.1) is 6.92 Å². The summed E-state index contributed by atoms with van der Waals surface area (Å²) < 4.78 is 1.94. The minimum Gasteiger partial charge on any atom is -0.275 e. The summed E-state index contributed by atoms with van der Waals surface area (Å²) in [6.45, 7) is 2.17. The Kier molecular flexibility index (Phi) is 4.16. The molecule has 0 saturated carbocycles. The summed E-state index contributed by atoms with van der Waals surface area (Å²) in [4.78, 5) is 14.0. The average molecular weight is 510 g/mol. The largest absolute Gasteiger partial charge is 0.275 e. The fourth-order valence-corrected chi connectivity index (χ4v) is 7.09. The van der Waals surface area contributed by atoms with Gasteiger partial charge in [-0.25, -0.2) is 0 Å². The molecule has 7 aromatic carbocycles. The van der Waals surface area contributed by atoms with Gasteiger partial charge in [0, 0.05) is 21.5 Å². The molecule has 0 spiro atoms. The molecular weight excluding hydrogens is 486 g/mol. The first-order valence-corrected chi connectivity index (χ1v) is 13.7. The molecular formula is C38H23NO. The molecule has 2 aromatic heterocycles. The molecule has 9 rings (SSSR count). The lowest BCUT2D eigenvalue weighted by Crippen LogP contribution is -2.12. The van der Waals surface area contributed by atoms with Crippen molar-refractivity contribution in [1.82, 2.24) is 4.40 Å². The SMILES string of the molecule is Cc1cc(-c2ccc3c4cccc5c6ccccc6c(=O)n(c3c2)c54)c2c3ccccc3c3ccccc3c2c1. The van der Waals surface area contributed by atoms with Crippen LogP contribution in [0.5, 0.6) is 0 Å². The molecule has 2 heterocycles. The number of hydrogen-bond acceptors (Lipinski definition) is 1. The van der Waals surface area contributed by atoms with Gasteiger partial charge in [0.05, 0.1) is 11.0 Å². The highest BCUT2D eigenvalue weighted by atomic mass is 16.1. The molecule has 2 heteroatoms. The zero-order chi connectivity index (χ0) is 26.5. The van der Waals surface area contributed by atoms with Crippen LogP contribution in [0.3, 0.4) is 0 Å². The van der Waals surface area contributed by atoms with Crippen molar-refractivity contribution in [3.8, 4) is 11.1 Å². The zero-order valence-electron chi connectivity index (χ0n) is 21.9. The van der Waals surface area contributed by atoms with Crippen molar-refractivity contribution in [3.63, 3.8) is 0 Å². The fourth-order valence-electron chi connectivity index (χ4n) is 7.09. The predicted octanol–water partition coefficient (Wildman–Crippen LogP) is 9.63. The Bertz CT molecular complexity index is 2570. The third kappa shape index (κ3) is 2.70. The van der Waals surface area contributed by atoms with Gasteiger partial charge in [0.1, 0.15) is 0 Å². The van der Waals surface area contributed by atoms with E-state index in [1.165, 1.54) is 43.4 Å². The van der Waals surface area contributed by atoms with E-state index in [0.717, 1.165) is 43.5 Å². The lowest BCUT2D eigenvalue weighted by molar-refractivity contribution is 1.21. The van der Waals surface area contributed by atoms with E-state index in [1.807, 2.05) is 22.6 Å². The smallest absolute Gasteiger partial charge is 0.263 e. The van der Waals surface area contributed by atoms with Crippen LogP contribution < -0.4 is 5.56 Å². The van der Waals surface area contributed by atoms with Gasteiger partial charge in [-0.15, -0.1) is 0 Å². The van der Waals surface area contributed by atoms with Crippen LogP contribution in [0.4, 0.5) is 0 Å². The van der Waals surface area contributed by atoms with E-state index in [4.69, 9.17) is 0 Å². The quantitative estimate of drug-likeness (QED) is 0.202. The first-order valence-electron chi connectivity index (χ1n) is 13.7. The van der Waals surface area contributed by atoms with E-state index in [1.54, 1.807) is 0 Å². The average Bonchev–Trinajstić information content (AvgIpc) is 3.34. The Balaban J connectivity index is 1.47. The van der Waals surface area contributed by atoms with E-state index < -0.39 is 0 Å². The second-order valence-corrected chi connectivity index (χ2v) is 10.9. The predicted molar refractivity (Wildman–Crippen MR) is 170 cm³/mol. The second kappa shape index (κ2) is 7.68. The minimum atomic E-state index is 0.0389. The Morgan fingerprint density at radius 1 is 0.475 bits per heavy atom. The second-order valence-electron chi connectivity index (χ2n) is 10.9. The van der Waals surface area contributed by atoms with Crippen molar-refractivity contribution in [2.24, 2.45) is 0 Å². The number of para-hydroxylation sites is 1. The number of rotatable bonds is 1. The van der Waals surface area contributed by atoms with Gasteiger partial charge in [0.15, 0.2) is 0 Å². The highest BCUT2D eigenvalue weighted by molar-refractivity contribution is 6.29. The summed E-state index contributed by atoms with van der Waals surface area (Å²) in [5, 5.41) is 12.7. The third-order valence-electron chi connectivity index (χ3n) is 8.74. The molecule has 9 aromatic rings. The molecule has 40 heavy (non-hydrogen) atoms. The molecule has 0 unspecified atom stereocenters. The van der Waals surface area contributed by atoms with E-state index in [-0.39, 0.29) is 5.56 Å². The van der Waals surface area contributed by atoms with Crippen LogP contribution in [0.15, 0.2) is 126 Å². The summed E-state index contributed by atoms with van der Waals surface area (Å²) in [5.74, 6) is 0. The highest BCUT2D eigenvalue weighted by Gasteiger charge is 2.19. The van der Waals surface area contributed by atoms with E-state index >= 15 is 0 Å². The number of aromatic nitrogens is 1. The molecule has 0 saturated heterocycles. The topological polar surface area (TPSA) is 21.5 Å². The maximum atomic E-state index is 14.0. The van der Waals surface area contributed by atoms with Crippen LogP contribution in [-0.2, 0) is 0 Å². The number of nitrogens with zero attached hydrogens (tertiary/aromatic N) is 1. The first-order chi connectivity index (χ1) is 19.7. The van der Waals surface area contributed by atoms with Gasteiger partial charge in [0.2, 0.25) is 0 Å². The van der Waals surface area contributed by atoms with Crippen molar-refractivity contribution in [3.05, 3.63) is 137 Å². The number of aryl methyl sites for hydroxylation is 1. The Labute approximate surface area is 229 Å². The molecule has 0 aliphatic carbocycles. The lowest BCUT2D eigenvalue weighted by atomic mass is 9.88. The standard InChI is InChI=1S/C38H23NO/c1-22-19-33(36-29-13-6-4-10-25(29)24-9-2-3-11-26(24)34(36)20-22)23-17-18-28-31-16-8-15-30-27-12-5-7-14-32(27)38(40)39(37(30)31)35(28)21-23/h2-21H,1H3. The first kappa shape index (κ1) is 21.7. The van der Waals surface area contributed by atoms with Crippen LogP contribution >= 0.6 is 0 Å². The maximum Gasteiger partial charge on any atom is 0.263 e. The van der Waals surface area contributed by atoms with Gasteiger partial charge in [0.25, 0.3) is 5.56 Å². The summed E-state index contributed by atoms with van der Waals surface area (Å²) >= 11 is 0. The normalized spacial score (nSPS) is 12.2. The molecule has 0 amide bonds. The van der Waals surface area contributed by atoms with Crippen molar-refractivity contribution >= 4 is 70.3 Å². The molecule has 0 atom stereocenters. The molecule has 0 bridgehead atoms. The van der Waals surface area contributed by atoms with E-state index in [0.29, 0.717) is 0 Å². The molecule has 0 N–H and O–H groups in total. The highest BCUT2D eigenvalue weighted by Crippen LogP contribution is 2.42. The molecule has 0 fully saturated rings. The van der Waals surface area contributed by atoms with Crippen molar-refractivity contribution in [1.29, 1.82) is 0 Å². The van der Waals surface area contributed by atoms with Gasteiger partial charge < -0.3 is 0 Å². The zero-order valence-corrected chi connectivity index (χ0v) is 21.9. The van der Waals surface area contributed by atoms with E-state index in [2.05, 4.69) is 110 Å². The van der Waals surface area contributed by atoms with Crippen molar-refractivity contribution < 1.29 is 0 Å². The Hall–Kier alpha value is -5.21. The molecule has 0 aliphatic rings. The summed E-state index contributed by atoms with van der Waals surface area (Å²) in [7, 11) is 0. The fraction of sp³-hybridized carbons (Fsp3) is 0.0263. The van der Waals surface area contributed by atoms with Gasteiger partial charge in [-0.3, -0.25) is 9.20 Å². The van der Waals surface area contributed by atoms with Gasteiger partial charge in [-0.05, 0) is 73.5 Å². The Morgan fingerprint density at radius 2 is 1.02 bits per heavy atom. The number of benzene rings is 7. The van der Waals surface area contributed by atoms with Crippen LogP contribution in [0.2, 0.25) is 0 Å². The van der Waals surface area contributed by atoms with Crippen LogP contribution in [0.1, 0.15) is 5.56 Å². The summed E-state index contributed by atoms with van der Waals surface area (Å²) in [5.41, 5.74) is 5.53. The lowest BCUT2D eigenvalue weighted by Gasteiger charge is -2.16. The third-order valence-corrected chi connectivity index (χ3v) is 8.74. The Morgan fingerprint density at radius 3 is 1.75 bits per heavy atom. The van der Waals surface area contributed by atoms with Gasteiger partial charge in [-0.1, -0.05) is 109 Å². The molecule has 0 radical (unpaired) electrons. The molecule has 2 nitrogen and oxygen atoms in total. The summed E-state index contributed by atoms with van der Waals surface area (Å²) in [6.07, 6.45) is 0. The monoisotopic (exact) mass is 509 g/mol. The number of pyridine rings is 1. The van der Waals surface area contributed by atoms with Gasteiger partial charge in [-0.2, -0.15) is 0 Å². The summed E-state index contributed by atoms with van der Waals surface area (Å²) in [6, 6.07) is 43.0. The number of fused-ring (bicyclic) bond motifs is 11. The van der Waals surface area contributed by atoms with Crippen LogP contribution in [-0.4, -0.2) is 4.40 Å². The van der Waals surface area contributed by atoms with E-state index in [9.17, 15) is 4.79 Å². The van der Waals surface area contributed by atoms with Crippen molar-refractivity contribution in [2.75, 3.05) is 0 Å². The van der Waals surface area contributed by atoms with Crippen LogP contribution in [0.25, 0.3) is 81.4 Å². The maximum absolute atomic E-state index is 14.0.